The van der Waals surface area contributed by atoms with E-state index in [0.717, 1.165) is 0 Å². The number of hydrogen-bond donors (Lipinski definition) is 0. The molecular weight excluding hydrogens is 232 g/mol. The van der Waals surface area contributed by atoms with Crippen LogP contribution < -0.4 is 0 Å². The highest BCUT2D eigenvalue weighted by Gasteiger charge is 2.02. The molecule has 0 amide bonds. The highest BCUT2D eigenvalue weighted by molar-refractivity contribution is 5.57. The van der Waals surface area contributed by atoms with E-state index in [4.69, 9.17) is 11.1 Å². The zero-order chi connectivity index (χ0) is 12.8. The molecule has 0 unspecified atom stereocenters. The van der Waals surface area contributed by atoms with E-state index in [1.807, 2.05) is 0 Å². The van der Waals surface area contributed by atoms with Crippen LogP contribution >= 0.6 is 0 Å². The minimum atomic E-state index is 0.256. The summed E-state index contributed by atoms with van der Waals surface area (Å²) in [5.74, 6) is 0.511. The van der Waals surface area contributed by atoms with Crippen LogP contribution in [0.4, 0.5) is 11.6 Å². The van der Waals surface area contributed by atoms with Crippen molar-refractivity contribution in [2.75, 3.05) is 0 Å². The minimum absolute atomic E-state index is 0.256. The van der Waals surface area contributed by atoms with Gasteiger partial charge in [0.25, 0.3) is 0 Å². The van der Waals surface area contributed by atoms with Crippen molar-refractivity contribution in [2.24, 2.45) is 10.2 Å². The van der Waals surface area contributed by atoms with Crippen molar-refractivity contribution in [3.8, 4) is 11.4 Å². The summed E-state index contributed by atoms with van der Waals surface area (Å²) in [7, 11) is 0. The molecular formula is C10H6N8. The number of azide groups is 2. The highest BCUT2D eigenvalue weighted by Crippen LogP contribution is 2.20. The minimum Gasteiger partial charge on any atom is -0.244 e. The van der Waals surface area contributed by atoms with Gasteiger partial charge in [0.2, 0.25) is 0 Å². The second-order valence-electron chi connectivity index (χ2n) is 3.14. The quantitative estimate of drug-likeness (QED) is 0.455. The summed E-state index contributed by atoms with van der Waals surface area (Å²) in [6, 6.07) is 10.0. The van der Waals surface area contributed by atoms with Crippen LogP contribution in [-0.2, 0) is 0 Å². The third-order valence-corrected chi connectivity index (χ3v) is 2.03. The Hall–Kier alpha value is -3.08. The SMILES string of the molecule is [N-]=[N+]=Nc1cccc(-c2cccc(N=[N+]=[N-])n2)n1. The highest BCUT2D eigenvalue weighted by atomic mass is 15.2. The summed E-state index contributed by atoms with van der Waals surface area (Å²) in [4.78, 5) is 13.6. The molecule has 8 nitrogen and oxygen atoms in total. The van der Waals surface area contributed by atoms with E-state index < -0.39 is 0 Å². The van der Waals surface area contributed by atoms with Crippen LogP contribution in [0.25, 0.3) is 32.3 Å². The molecule has 2 aromatic heterocycles. The Morgan fingerprint density at radius 3 is 1.61 bits per heavy atom. The maximum Gasteiger partial charge on any atom is 0.127 e. The first-order chi connectivity index (χ1) is 8.83. The van der Waals surface area contributed by atoms with Crippen molar-refractivity contribution in [1.29, 1.82) is 0 Å². The number of nitrogens with zero attached hydrogens (tertiary/aromatic N) is 8. The van der Waals surface area contributed by atoms with Crippen LogP contribution in [0.2, 0.25) is 0 Å². The first kappa shape index (κ1) is 11.4. The fourth-order valence-electron chi connectivity index (χ4n) is 1.33. The summed E-state index contributed by atoms with van der Waals surface area (Å²) in [6.45, 7) is 0. The fraction of sp³-hybridized carbons (Fsp3) is 0. The van der Waals surface area contributed by atoms with Gasteiger partial charge in [0, 0.05) is 9.82 Å². The predicted molar refractivity (Wildman–Crippen MR) is 65.1 cm³/mol. The second kappa shape index (κ2) is 5.31. The van der Waals surface area contributed by atoms with Gasteiger partial charge < -0.3 is 0 Å². The Kier molecular flexibility index (Phi) is 3.36. The number of aromatic nitrogens is 2. The number of rotatable bonds is 3. The van der Waals surface area contributed by atoms with E-state index in [2.05, 4.69) is 30.0 Å². The molecule has 0 atom stereocenters. The van der Waals surface area contributed by atoms with E-state index in [0.29, 0.717) is 11.4 Å². The van der Waals surface area contributed by atoms with Crippen LogP contribution in [0.15, 0.2) is 46.6 Å². The second-order valence-corrected chi connectivity index (χ2v) is 3.14. The van der Waals surface area contributed by atoms with E-state index in [9.17, 15) is 0 Å². The maximum atomic E-state index is 8.34. The van der Waals surface area contributed by atoms with Gasteiger partial charge in [-0.1, -0.05) is 12.1 Å². The van der Waals surface area contributed by atoms with Crippen LogP contribution in [0, 0.1) is 0 Å². The van der Waals surface area contributed by atoms with Gasteiger partial charge in [-0.25, -0.2) is 9.97 Å². The average molecular weight is 238 g/mol. The molecule has 0 aromatic carbocycles. The zero-order valence-corrected chi connectivity index (χ0v) is 9.04. The molecule has 0 aliphatic heterocycles. The lowest BCUT2D eigenvalue weighted by Gasteiger charge is -2.01. The molecule has 86 valence electrons. The Morgan fingerprint density at radius 2 is 1.22 bits per heavy atom. The monoisotopic (exact) mass is 238 g/mol. The molecule has 0 aliphatic rings. The Morgan fingerprint density at radius 1 is 0.778 bits per heavy atom. The summed E-state index contributed by atoms with van der Waals surface area (Å²) in [5.41, 5.74) is 17.8. The van der Waals surface area contributed by atoms with Crippen LogP contribution in [0.5, 0.6) is 0 Å². The van der Waals surface area contributed by atoms with Crippen molar-refractivity contribution >= 4 is 11.6 Å². The molecule has 0 aliphatic carbocycles. The molecule has 0 saturated heterocycles. The van der Waals surface area contributed by atoms with Gasteiger partial charge >= 0.3 is 0 Å². The topological polar surface area (TPSA) is 123 Å². The molecule has 0 fully saturated rings. The molecule has 0 radical (unpaired) electrons. The lowest BCUT2D eigenvalue weighted by Crippen LogP contribution is -1.86. The van der Waals surface area contributed by atoms with Gasteiger partial charge in [-0.2, -0.15) is 0 Å². The van der Waals surface area contributed by atoms with Gasteiger partial charge in [0.05, 0.1) is 11.4 Å². The zero-order valence-electron chi connectivity index (χ0n) is 9.04. The van der Waals surface area contributed by atoms with E-state index in [1.165, 1.54) is 0 Å². The molecule has 2 aromatic rings. The van der Waals surface area contributed by atoms with Crippen molar-refractivity contribution in [1.82, 2.24) is 9.97 Å². The summed E-state index contributed by atoms with van der Waals surface area (Å²) in [5, 5.41) is 6.82. The first-order valence-corrected chi connectivity index (χ1v) is 4.88. The molecule has 0 saturated carbocycles. The molecule has 2 heterocycles. The largest absolute Gasteiger partial charge is 0.244 e. The number of hydrogen-bond acceptors (Lipinski definition) is 4. The molecule has 2 rings (SSSR count). The first-order valence-electron chi connectivity index (χ1n) is 4.88. The maximum absolute atomic E-state index is 8.34. The summed E-state index contributed by atoms with van der Waals surface area (Å²) < 4.78 is 0. The van der Waals surface area contributed by atoms with Crippen LogP contribution in [0.3, 0.4) is 0 Å². The average Bonchev–Trinajstić information content (AvgIpc) is 2.40. The van der Waals surface area contributed by atoms with Gasteiger partial charge in [0.1, 0.15) is 11.6 Å². The third-order valence-electron chi connectivity index (χ3n) is 2.03. The van der Waals surface area contributed by atoms with Crippen molar-refractivity contribution in [3.05, 3.63) is 57.3 Å². The van der Waals surface area contributed by atoms with Crippen molar-refractivity contribution < 1.29 is 0 Å². The molecule has 18 heavy (non-hydrogen) atoms. The molecule has 0 N–H and O–H groups in total. The van der Waals surface area contributed by atoms with Crippen molar-refractivity contribution in [3.63, 3.8) is 0 Å². The molecule has 0 spiro atoms. The predicted octanol–water partition coefficient (Wildman–Crippen LogP) is 4.03. The van der Waals surface area contributed by atoms with Crippen LogP contribution in [0.1, 0.15) is 0 Å². The van der Waals surface area contributed by atoms with Gasteiger partial charge in [0.15, 0.2) is 0 Å². The van der Waals surface area contributed by atoms with Gasteiger partial charge in [-0.05, 0) is 45.6 Å². The Bertz CT molecular complexity index is 608. The van der Waals surface area contributed by atoms with Crippen LogP contribution in [-0.4, -0.2) is 9.97 Å². The summed E-state index contributed by atoms with van der Waals surface area (Å²) in [6.07, 6.45) is 0. The number of pyridine rings is 2. The Labute approximate surface area is 101 Å². The van der Waals surface area contributed by atoms with E-state index in [1.54, 1.807) is 36.4 Å². The smallest absolute Gasteiger partial charge is 0.127 e. The fourth-order valence-corrected chi connectivity index (χ4v) is 1.33. The van der Waals surface area contributed by atoms with Gasteiger partial charge in [-0.15, -0.1) is 0 Å². The lowest BCUT2D eigenvalue weighted by molar-refractivity contribution is 1.20. The lowest BCUT2D eigenvalue weighted by atomic mass is 10.2. The standard InChI is InChI=1S/C10H6N8/c11-17-15-9-5-1-3-7(13-9)8-4-2-6-10(14-8)16-18-12/h1-6H. The van der Waals surface area contributed by atoms with Crippen molar-refractivity contribution in [2.45, 2.75) is 0 Å². The Balaban J connectivity index is 2.47. The van der Waals surface area contributed by atoms with E-state index >= 15 is 0 Å². The molecule has 8 heteroatoms. The van der Waals surface area contributed by atoms with E-state index in [-0.39, 0.29) is 11.6 Å². The molecule has 0 bridgehead atoms. The van der Waals surface area contributed by atoms with Gasteiger partial charge in [-0.3, -0.25) is 0 Å². The normalized spacial score (nSPS) is 9.11. The summed E-state index contributed by atoms with van der Waals surface area (Å²) >= 11 is 0. The third kappa shape index (κ3) is 2.53.